The van der Waals surface area contributed by atoms with Gasteiger partial charge in [0.05, 0.1) is 0 Å². The highest BCUT2D eigenvalue weighted by Crippen LogP contribution is 2.33. The number of hydrogen-bond acceptors (Lipinski definition) is 4. The molecule has 5 heteroatoms. The molecule has 1 heterocycles. The summed E-state index contributed by atoms with van der Waals surface area (Å²) in [5, 5.41) is 14.6. The smallest absolute Gasteiger partial charge is 0.158 e. The Hall–Kier alpha value is -0.940. The first-order valence-corrected chi connectivity index (χ1v) is 6.26. The van der Waals surface area contributed by atoms with Crippen molar-refractivity contribution < 1.29 is 9.84 Å². The van der Waals surface area contributed by atoms with Gasteiger partial charge in [0.15, 0.2) is 5.82 Å². The van der Waals surface area contributed by atoms with E-state index in [1.54, 1.807) is 11.8 Å². The van der Waals surface area contributed by atoms with E-state index < -0.39 is 11.7 Å². The van der Waals surface area contributed by atoms with Crippen LogP contribution in [-0.2, 0) is 11.3 Å². The number of hydrogen-bond donors (Lipinski definition) is 1. The molecule has 0 saturated carbocycles. The third-order valence-corrected chi connectivity index (χ3v) is 3.43. The Morgan fingerprint density at radius 3 is 2.53 bits per heavy atom. The average molecular weight is 241 g/mol. The van der Waals surface area contributed by atoms with Gasteiger partial charge in [-0.3, -0.25) is 0 Å². The summed E-state index contributed by atoms with van der Waals surface area (Å²) >= 11 is 0. The zero-order valence-corrected chi connectivity index (χ0v) is 11.2. The van der Waals surface area contributed by atoms with E-state index in [9.17, 15) is 5.11 Å². The minimum absolute atomic E-state index is 0.571. The number of rotatable bonds is 7. The number of aliphatic hydroxyl groups excluding tert-OH is 1. The van der Waals surface area contributed by atoms with Crippen LogP contribution in [0, 0.1) is 0 Å². The molecule has 0 aliphatic carbocycles. The fraction of sp³-hybridized carbons (Fsp3) is 0.833. The fourth-order valence-corrected chi connectivity index (χ4v) is 2.14. The Labute approximate surface area is 103 Å². The zero-order chi connectivity index (χ0) is 12.9. The number of ether oxygens (including phenoxy) is 1. The van der Waals surface area contributed by atoms with Crippen LogP contribution in [-0.4, -0.2) is 32.6 Å². The minimum Gasteiger partial charge on any atom is -0.382 e. The molecule has 1 N–H and O–H groups in total. The van der Waals surface area contributed by atoms with Crippen LogP contribution < -0.4 is 0 Å². The normalized spacial score (nSPS) is 13.9. The van der Waals surface area contributed by atoms with Crippen LogP contribution in [0.2, 0.25) is 0 Å². The van der Waals surface area contributed by atoms with Crippen molar-refractivity contribution in [3.8, 4) is 0 Å². The molecule has 1 rings (SSSR count). The van der Waals surface area contributed by atoms with Crippen molar-refractivity contribution in [1.29, 1.82) is 0 Å². The van der Waals surface area contributed by atoms with Gasteiger partial charge in [0.25, 0.3) is 0 Å². The quantitative estimate of drug-likeness (QED) is 0.792. The maximum atomic E-state index is 10.5. The van der Waals surface area contributed by atoms with Crippen LogP contribution in [0.25, 0.3) is 0 Å². The molecule has 1 aromatic heterocycles. The highest BCUT2D eigenvalue weighted by molar-refractivity contribution is 5.01. The predicted molar refractivity (Wildman–Crippen MR) is 65.6 cm³/mol. The molecular formula is C12H23N3O2. The molecule has 1 aromatic rings. The van der Waals surface area contributed by atoms with Crippen molar-refractivity contribution in [1.82, 2.24) is 14.8 Å². The average Bonchev–Trinajstić information content (AvgIpc) is 2.80. The summed E-state index contributed by atoms with van der Waals surface area (Å²) in [6.07, 6.45) is 3.18. The lowest BCUT2D eigenvalue weighted by Crippen LogP contribution is -2.38. The summed E-state index contributed by atoms with van der Waals surface area (Å²) in [7, 11) is 1.64. The number of aliphatic hydroxyl groups is 1. The van der Waals surface area contributed by atoms with Crippen molar-refractivity contribution in [2.45, 2.75) is 58.3 Å². The van der Waals surface area contributed by atoms with Gasteiger partial charge in [-0.25, -0.2) is 9.67 Å². The van der Waals surface area contributed by atoms with Gasteiger partial charge < -0.3 is 9.84 Å². The molecule has 0 aliphatic rings. The maximum absolute atomic E-state index is 10.5. The van der Waals surface area contributed by atoms with E-state index in [2.05, 4.69) is 17.0 Å². The molecule has 0 aliphatic heterocycles. The second kappa shape index (κ2) is 6.12. The molecule has 0 radical (unpaired) electrons. The molecule has 0 aromatic carbocycles. The second-order valence-electron chi connectivity index (χ2n) is 4.22. The van der Waals surface area contributed by atoms with Crippen LogP contribution in [0.4, 0.5) is 0 Å². The highest BCUT2D eigenvalue weighted by atomic mass is 16.5. The molecule has 0 fully saturated rings. The largest absolute Gasteiger partial charge is 0.382 e. The van der Waals surface area contributed by atoms with Gasteiger partial charge in [-0.05, 0) is 19.3 Å². The molecule has 98 valence electrons. The second-order valence-corrected chi connectivity index (χ2v) is 4.22. The Kier molecular flexibility index (Phi) is 5.08. The SMILES string of the molecule is CCCn1ncnc1C(O)C(CC)(CC)OC. The van der Waals surface area contributed by atoms with Crippen molar-refractivity contribution in [3.05, 3.63) is 12.2 Å². The summed E-state index contributed by atoms with van der Waals surface area (Å²) in [5.74, 6) is 0.595. The van der Waals surface area contributed by atoms with Crippen LogP contribution in [0.5, 0.6) is 0 Å². The molecule has 0 bridgehead atoms. The van der Waals surface area contributed by atoms with Gasteiger partial charge in [0.1, 0.15) is 18.0 Å². The van der Waals surface area contributed by atoms with Gasteiger partial charge in [-0.1, -0.05) is 20.8 Å². The third kappa shape index (κ3) is 2.66. The first-order valence-electron chi connectivity index (χ1n) is 6.26. The number of methoxy groups -OCH3 is 1. The lowest BCUT2D eigenvalue weighted by Gasteiger charge is -2.34. The molecular weight excluding hydrogens is 218 g/mol. The monoisotopic (exact) mass is 241 g/mol. The Balaban J connectivity index is 3.00. The van der Waals surface area contributed by atoms with Crippen molar-refractivity contribution >= 4 is 0 Å². The van der Waals surface area contributed by atoms with E-state index in [0.29, 0.717) is 5.82 Å². The summed E-state index contributed by atoms with van der Waals surface area (Å²) in [5.41, 5.74) is -0.571. The summed E-state index contributed by atoms with van der Waals surface area (Å²) in [6, 6.07) is 0. The molecule has 0 amide bonds. The van der Waals surface area contributed by atoms with Gasteiger partial charge in [0, 0.05) is 13.7 Å². The lowest BCUT2D eigenvalue weighted by atomic mass is 9.89. The summed E-state index contributed by atoms with van der Waals surface area (Å²) in [4.78, 5) is 4.17. The number of nitrogens with zero attached hydrogens (tertiary/aromatic N) is 3. The zero-order valence-electron chi connectivity index (χ0n) is 11.2. The number of aryl methyl sites for hydroxylation is 1. The van der Waals surface area contributed by atoms with E-state index in [4.69, 9.17) is 4.74 Å². The molecule has 0 spiro atoms. The third-order valence-electron chi connectivity index (χ3n) is 3.43. The van der Waals surface area contributed by atoms with Crippen LogP contribution in [0.1, 0.15) is 52.0 Å². The fourth-order valence-electron chi connectivity index (χ4n) is 2.14. The van der Waals surface area contributed by atoms with E-state index in [1.165, 1.54) is 6.33 Å². The van der Waals surface area contributed by atoms with E-state index in [-0.39, 0.29) is 0 Å². The first-order chi connectivity index (χ1) is 8.15. The topological polar surface area (TPSA) is 60.2 Å². The van der Waals surface area contributed by atoms with Gasteiger partial charge in [-0.15, -0.1) is 0 Å². The summed E-state index contributed by atoms with van der Waals surface area (Å²) < 4.78 is 7.28. The number of aromatic nitrogens is 3. The van der Waals surface area contributed by atoms with E-state index in [1.807, 2.05) is 13.8 Å². The Morgan fingerprint density at radius 2 is 2.06 bits per heavy atom. The van der Waals surface area contributed by atoms with Crippen LogP contribution >= 0.6 is 0 Å². The van der Waals surface area contributed by atoms with Crippen LogP contribution in [0.15, 0.2) is 6.33 Å². The van der Waals surface area contributed by atoms with Crippen molar-refractivity contribution in [3.63, 3.8) is 0 Å². The van der Waals surface area contributed by atoms with Crippen molar-refractivity contribution in [2.24, 2.45) is 0 Å². The Morgan fingerprint density at radius 1 is 1.41 bits per heavy atom. The predicted octanol–water partition coefficient (Wildman–Crippen LogP) is 1.93. The van der Waals surface area contributed by atoms with Gasteiger partial charge in [-0.2, -0.15) is 5.10 Å². The molecule has 17 heavy (non-hydrogen) atoms. The molecule has 1 atom stereocenters. The first kappa shape index (κ1) is 14.1. The van der Waals surface area contributed by atoms with E-state index >= 15 is 0 Å². The standard InChI is InChI=1S/C12H23N3O2/c1-5-8-15-11(13-9-14-15)10(16)12(6-2,7-3)17-4/h9-10,16H,5-8H2,1-4H3. The van der Waals surface area contributed by atoms with E-state index in [0.717, 1.165) is 25.8 Å². The van der Waals surface area contributed by atoms with Crippen molar-refractivity contribution in [2.75, 3.05) is 7.11 Å². The molecule has 1 unspecified atom stereocenters. The van der Waals surface area contributed by atoms with Gasteiger partial charge >= 0.3 is 0 Å². The lowest BCUT2D eigenvalue weighted by molar-refractivity contribution is -0.114. The van der Waals surface area contributed by atoms with Crippen LogP contribution in [0.3, 0.4) is 0 Å². The molecule has 5 nitrogen and oxygen atoms in total. The Bertz CT molecular complexity index is 326. The molecule has 0 saturated heterocycles. The minimum atomic E-state index is -0.739. The van der Waals surface area contributed by atoms with Gasteiger partial charge in [0.2, 0.25) is 0 Å². The summed E-state index contributed by atoms with van der Waals surface area (Å²) in [6.45, 7) is 6.86. The maximum Gasteiger partial charge on any atom is 0.158 e. The highest BCUT2D eigenvalue weighted by Gasteiger charge is 2.38.